The molecule has 2 unspecified atom stereocenters. The van der Waals surface area contributed by atoms with Crippen molar-refractivity contribution in [1.29, 1.82) is 0 Å². The number of carbonyl (C=O) groups is 2. The highest BCUT2D eigenvalue weighted by Gasteiger charge is 2.28. The smallest absolute Gasteiger partial charge is 0.247 e. The molecule has 6 heteroatoms. The number of rotatable bonds is 6. The van der Waals surface area contributed by atoms with Crippen LogP contribution >= 0.6 is 11.8 Å². The second-order valence-corrected chi connectivity index (χ2v) is 8.53. The summed E-state index contributed by atoms with van der Waals surface area (Å²) in [6, 6.07) is 12.8. The number of hydrogen-bond donors (Lipinski definition) is 2. The maximum atomic E-state index is 13.7. The van der Waals surface area contributed by atoms with E-state index >= 15 is 0 Å². The van der Waals surface area contributed by atoms with E-state index in [9.17, 15) is 14.0 Å². The minimum absolute atomic E-state index is 0.162. The topological polar surface area (TPSA) is 58.2 Å². The summed E-state index contributed by atoms with van der Waals surface area (Å²) in [5, 5.41) is 5.88. The average Bonchev–Trinajstić information content (AvgIpc) is 2.66. The van der Waals surface area contributed by atoms with Crippen LogP contribution in [0.1, 0.15) is 49.9 Å². The van der Waals surface area contributed by atoms with Gasteiger partial charge in [0.2, 0.25) is 11.8 Å². The molecule has 2 aromatic rings. The fourth-order valence-electron chi connectivity index (χ4n) is 3.31. The Kier molecular flexibility index (Phi) is 6.73. The van der Waals surface area contributed by atoms with Crippen molar-refractivity contribution in [1.82, 2.24) is 10.6 Å². The Morgan fingerprint density at radius 2 is 1.93 bits per heavy atom. The number of nitrogens with one attached hydrogen (secondary N) is 2. The molecule has 2 amide bonds. The van der Waals surface area contributed by atoms with Gasteiger partial charge in [0.1, 0.15) is 11.9 Å². The Bertz CT molecular complexity index is 842. The first-order valence-electron chi connectivity index (χ1n) is 9.51. The van der Waals surface area contributed by atoms with Gasteiger partial charge in [-0.3, -0.25) is 9.59 Å². The molecular weight excluding hydrogens is 375 g/mol. The number of fused-ring (bicyclic) bond motifs is 1. The second kappa shape index (κ2) is 9.24. The van der Waals surface area contributed by atoms with Gasteiger partial charge in [-0.05, 0) is 41.7 Å². The molecule has 4 nitrogen and oxygen atoms in total. The lowest BCUT2D eigenvalue weighted by Crippen LogP contribution is -2.42. The van der Waals surface area contributed by atoms with Crippen molar-refractivity contribution >= 4 is 23.6 Å². The summed E-state index contributed by atoms with van der Waals surface area (Å²) >= 11 is 1.66. The predicted molar refractivity (Wildman–Crippen MR) is 109 cm³/mol. The van der Waals surface area contributed by atoms with Crippen LogP contribution in [-0.4, -0.2) is 17.6 Å². The van der Waals surface area contributed by atoms with Gasteiger partial charge in [-0.15, -0.1) is 11.8 Å². The van der Waals surface area contributed by atoms with Gasteiger partial charge < -0.3 is 10.6 Å². The average molecular weight is 401 g/mol. The van der Waals surface area contributed by atoms with Crippen LogP contribution in [0.25, 0.3) is 0 Å². The summed E-state index contributed by atoms with van der Waals surface area (Å²) in [4.78, 5) is 26.4. The molecule has 148 valence electrons. The zero-order valence-corrected chi connectivity index (χ0v) is 16.9. The molecule has 1 heterocycles. The molecular formula is C22H25FN2O2S. The monoisotopic (exact) mass is 400 g/mol. The molecule has 0 aliphatic carbocycles. The summed E-state index contributed by atoms with van der Waals surface area (Å²) in [5.74, 6) is 0.286. The number of thioether (sulfide) groups is 1. The maximum Gasteiger partial charge on any atom is 0.247 e. The fraction of sp³-hybridized carbons (Fsp3) is 0.364. The largest absolute Gasteiger partial charge is 0.347 e. The summed E-state index contributed by atoms with van der Waals surface area (Å²) in [7, 11) is 0. The maximum absolute atomic E-state index is 13.7. The number of benzene rings is 2. The molecule has 1 aliphatic rings. The van der Waals surface area contributed by atoms with Gasteiger partial charge in [0.05, 0.1) is 6.04 Å². The van der Waals surface area contributed by atoms with Crippen molar-refractivity contribution in [3.63, 3.8) is 0 Å². The van der Waals surface area contributed by atoms with Gasteiger partial charge in [0.15, 0.2) is 0 Å². The molecule has 28 heavy (non-hydrogen) atoms. The second-order valence-electron chi connectivity index (χ2n) is 7.39. The van der Waals surface area contributed by atoms with Gasteiger partial charge in [-0.2, -0.15) is 0 Å². The Balaban J connectivity index is 1.80. The molecule has 0 saturated carbocycles. The van der Waals surface area contributed by atoms with E-state index in [1.807, 2.05) is 44.2 Å². The molecule has 0 fully saturated rings. The molecule has 0 bridgehead atoms. The Hall–Kier alpha value is -2.34. The van der Waals surface area contributed by atoms with Crippen LogP contribution in [0.4, 0.5) is 4.39 Å². The highest BCUT2D eigenvalue weighted by molar-refractivity contribution is 7.99. The Labute approximate surface area is 169 Å². The third-order valence-corrected chi connectivity index (χ3v) is 5.74. The van der Waals surface area contributed by atoms with E-state index in [2.05, 4.69) is 10.6 Å². The van der Waals surface area contributed by atoms with Crippen molar-refractivity contribution in [2.24, 2.45) is 5.92 Å². The Morgan fingerprint density at radius 1 is 1.18 bits per heavy atom. The van der Waals surface area contributed by atoms with E-state index in [4.69, 9.17) is 0 Å². The quantitative estimate of drug-likeness (QED) is 0.756. The van der Waals surface area contributed by atoms with E-state index in [1.165, 1.54) is 12.1 Å². The van der Waals surface area contributed by atoms with E-state index in [-0.39, 0.29) is 29.6 Å². The summed E-state index contributed by atoms with van der Waals surface area (Å²) in [6.07, 6.45) is 1.07. The van der Waals surface area contributed by atoms with Crippen LogP contribution in [0.15, 0.2) is 53.4 Å². The molecule has 3 rings (SSSR count). The zero-order chi connectivity index (χ0) is 20.1. The Morgan fingerprint density at radius 3 is 2.64 bits per heavy atom. The number of carbonyl (C=O) groups excluding carboxylic acids is 2. The molecule has 1 aliphatic heterocycles. The SMILES string of the molecule is CC(C)CC(=O)NC(C(=O)NC1CCSc2ccc(F)cc21)c1ccccc1. The van der Waals surface area contributed by atoms with Crippen LogP contribution in [0.3, 0.4) is 0 Å². The van der Waals surface area contributed by atoms with Crippen LogP contribution in [0, 0.1) is 11.7 Å². The first kappa shape index (κ1) is 20.4. The first-order chi connectivity index (χ1) is 13.4. The van der Waals surface area contributed by atoms with Crippen molar-refractivity contribution in [3.05, 3.63) is 65.5 Å². The van der Waals surface area contributed by atoms with E-state index in [0.717, 1.165) is 21.8 Å². The first-order valence-corrected chi connectivity index (χ1v) is 10.5. The lowest BCUT2D eigenvalue weighted by atomic mass is 10.0. The van der Waals surface area contributed by atoms with Gasteiger partial charge in [0.25, 0.3) is 0 Å². The molecule has 0 saturated heterocycles. The number of amides is 2. The summed E-state index contributed by atoms with van der Waals surface area (Å²) in [5.41, 5.74) is 1.52. The standard InChI is InChI=1S/C22H25FN2O2S/c1-14(2)12-20(26)25-21(15-6-4-3-5-7-15)22(27)24-18-10-11-28-19-9-8-16(23)13-17(18)19/h3-9,13-14,18,21H,10-12H2,1-2H3,(H,24,27)(H,25,26). The number of halogens is 1. The van der Waals surface area contributed by atoms with Crippen LogP contribution in [-0.2, 0) is 9.59 Å². The summed E-state index contributed by atoms with van der Waals surface area (Å²) < 4.78 is 13.7. The molecule has 0 radical (unpaired) electrons. The van der Waals surface area contributed by atoms with Crippen molar-refractivity contribution < 1.29 is 14.0 Å². The van der Waals surface area contributed by atoms with Crippen LogP contribution in [0.2, 0.25) is 0 Å². The summed E-state index contributed by atoms with van der Waals surface area (Å²) in [6.45, 7) is 3.92. The number of hydrogen-bond acceptors (Lipinski definition) is 3. The highest BCUT2D eigenvalue weighted by atomic mass is 32.2. The van der Waals surface area contributed by atoms with Gasteiger partial charge >= 0.3 is 0 Å². The molecule has 2 aromatic carbocycles. The minimum atomic E-state index is -0.779. The van der Waals surface area contributed by atoms with Crippen molar-refractivity contribution in [2.45, 2.75) is 43.7 Å². The highest BCUT2D eigenvalue weighted by Crippen LogP contribution is 2.36. The lowest BCUT2D eigenvalue weighted by molar-refractivity contribution is -0.130. The molecule has 0 aromatic heterocycles. The van der Waals surface area contributed by atoms with Crippen molar-refractivity contribution in [2.75, 3.05) is 5.75 Å². The normalized spacial score (nSPS) is 16.9. The molecule has 2 atom stereocenters. The van der Waals surface area contributed by atoms with E-state index < -0.39 is 6.04 Å². The lowest BCUT2D eigenvalue weighted by Gasteiger charge is -2.28. The van der Waals surface area contributed by atoms with E-state index in [1.54, 1.807) is 17.8 Å². The molecule has 2 N–H and O–H groups in total. The minimum Gasteiger partial charge on any atom is -0.347 e. The van der Waals surface area contributed by atoms with E-state index in [0.29, 0.717) is 12.8 Å². The fourth-order valence-corrected chi connectivity index (χ4v) is 4.41. The third kappa shape index (κ3) is 5.13. The predicted octanol–water partition coefficient (Wildman–Crippen LogP) is 4.38. The molecule has 0 spiro atoms. The van der Waals surface area contributed by atoms with Crippen molar-refractivity contribution in [3.8, 4) is 0 Å². The third-order valence-electron chi connectivity index (χ3n) is 4.62. The van der Waals surface area contributed by atoms with Crippen LogP contribution in [0.5, 0.6) is 0 Å². The van der Waals surface area contributed by atoms with Crippen LogP contribution < -0.4 is 10.6 Å². The van der Waals surface area contributed by atoms with Gasteiger partial charge in [-0.1, -0.05) is 44.2 Å². The zero-order valence-electron chi connectivity index (χ0n) is 16.1. The van der Waals surface area contributed by atoms with Gasteiger partial charge in [-0.25, -0.2) is 4.39 Å². The van der Waals surface area contributed by atoms with Gasteiger partial charge in [0, 0.05) is 17.1 Å².